The molecule has 19 aromatic rings. The van der Waals surface area contributed by atoms with E-state index in [0.717, 1.165) is 78.5 Å². The van der Waals surface area contributed by atoms with Gasteiger partial charge >= 0.3 is 0 Å². The lowest BCUT2D eigenvalue weighted by Crippen LogP contribution is -2.12. The van der Waals surface area contributed by atoms with Crippen LogP contribution in [0.25, 0.3) is 143 Å². The van der Waals surface area contributed by atoms with Crippen LogP contribution in [0.5, 0.6) is 0 Å². The first kappa shape index (κ1) is 53.3. The molecule has 0 radical (unpaired) electrons. The number of nitrogens with zero attached hydrogens (tertiary/aromatic N) is 4. The van der Waals surface area contributed by atoms with Gasteiger partial charge in [-0.2, -0.15) is 0 Å². The minimum atomic E-state index is 1.08. The average Bonchev–Trinajstić information content (AvgIpc) is 1.50. The molecule has 0 spiro atoms. The second-order valence-corrected chi connectivity index (χ2v) is 24.6. The normalized spacial score (nSPS) is 11.8. The smallest absolute Gasteiger partial charge is 0.0634 e. The Morgan fingerprint density at radius 2 is 0.489 bits per heavy atom. The summed E-state index contributed by atoms with van der Waals surface area (Å²) in [5, 5.41) is 9.66. The second-order valence-electron chi connectivity index (χ2n) is 24.6. The van der Waals surface area contributed by atoms with Gasteiger partial charge in [-0.15, -0.1) is 0 Å². The number of para-hydroxylation sites is 4. The largest absolute Gasteiger partial charge is 0.309 e. The van der Waals surface area contributed by atoms with Crippen LogP contribution in [-0.4, -0.2) is 8.80 Å². The first-order valence-electron chi connectivity index (χ1n) is 32.4. The van der Waals surface area contributed by atoms with E-state index < -0.39 is 0 Å². The summed E-state index contributed by atoms with van der Waals surface area (Å²) in [6.07, 6.45) is 0. The maximum atomic E-state index is 2.64. The van der Waals surface area contributed by atoms with Crippen LogP contribution in [0.2, 0.25) is 0 Å². The summed E-state index contributed by atoms with van der Waals surface area (Å²) in [7, 11) is 0. The van der Waals surface area contributed by atoms with E-state index >= 15 is 0 Å². The van der Waals surface area contributed by atoms with Crippen molar-refractivity contribution in [1.82, 2.24) is 8.80 Å². The van der Waals surface area contributed by atoms with Crippen molar-refractivity contribution in [3.8, 4) is 66.8 Å². The van der Waals surface area contributed by atoms with Crippen LogP contribution in [-0.2, 0) is 0 Å². The lowest BCUT2D eigenvalue weighted by molar-refractivity contribution is 1.29. The molecule has 0 saturated heterocycles. The van der Waals surface area contributed by atoms with Crippen LogP contribution in [0.3, 0.4) is 0 Å². The summed E-state index contributed by atoms with van der Waals surface area (Å²) >= 11 is 0. The Labute approximate surface area is 544 Å². The highest BCUT2D eigenvalue weighted by molar-refractivity contribution is 6.39. The van der Waals surface area contributed by atoms with Crippen molar-refractivity contribution in [2.45, 2.75) is 0 Å². The average molecular weight is 1200 g/mol. The lowest BCUT2D eigenvalue weighted by Gasteiger charge is -2.29. The van der Waals surface area contributed by atoms with Gasteiger partial charge in [0.2, 0.25) is 0 Å². The van der Waals surface area contributed by atoms with Crippen molar-refractivity contribution < 1.29 is 0 Å². The van der Waals surface area contributed by atoms with Gasteiger partial charge in [-0.1, -0.05) is 291 Å². The van der Waals surface area contributed by atoms with Gasteiger partial charge in [0.05, 0.1) is 55.8 Å². The van der Waals surface area contributed by atoms with Crippen molar-refractivity contribution in [3.63, 3.8) is 0 Å². The third-order valence-corrected chi connectivity index (χ3v) is 19.5. The predicted molar refractivity (Wildman–Crippen MR) is 398 cm³/mol. The molecule has 4 aromatic heterocycles. The van der Waals surface area contributed by atoms with Crippen LogP contribution >= 0.6 is 0 Å². The zero-order valence-electron chi connectivity index (χ0n) is 51.3. The second kappa shape index (κ2) is 21.6. The Morgan fingerprint density at radius 1 is 0.191 bits per heavy atom. The van der Waals surface area contributed by atoms with E-state index in [0.29, 0.717) is 0 Å². The third-order valence-electron chi connectivity index (χ3n) is 19.5. The summed E-state index contributed by atoms with van der Waals surface area (Å²) in [5.74, 6) is 0. The highest BCUT2D eigenvalue weighted by Crippen LogP contribution is 2.57. The molecule has 0 atom stereocenters. The van der Waals surface area contributed by atoms with Gasteiger partial charge in [-0.05, 0) is 105 Å². The number of rotatable bonds is 12. The maximum absolute atomic E-state index is 2.64. The van der Waals surface area contributed by atoms with Crippen LogP contribution in [0, 0.1) is 0 Å². The molecule has 0 aliphatic rings. The zero-order chi connectivity index (χ0) is 61.8. The minimum absolute atomic E-state index is 1.08. The van der Waals surface area contributed by atoms with Crippen molar-refractivity contribution in [2.75, 3.05) is 9.80 Å². The van der Waals surface area contributed by atoms with E-state index in [1.807, 2.05) is 0 Å². The fraction of sp³-hybridized carbons (Fsp3) is 0. The molecule has 4 heterocycles. The van der Waals surface area contributed by atoms with Gasteiger partial charge in [0, 0.05) is 76.7 Å². The summed E-state index contributed by atoms with van der Waals surface area (Å²) in [5.41, 5.74) is 27.7. The summed E-state index contributed by atoms with van der Waals surface area (Å²) in [6.45, 7) is 0. The van der Waals surface area contributed by atoms with Crippen molar-refractivity contribution in [3.05, 3.63) is 352 Å². The lowest BCUT2D eigenvalue weighted by atomic mass is 9.89. The molecule has 0 amide bonds. The monoisotopic (exact) mass is 1190 g/mol. The molecule has 0 bridgehead atoms. The van der Waals surface area contributed by atoms with Crippen LogP contribution in [0.1, 0.15) is 0 Å². The van der Waals surface area contributed by atoms with Crippen LogP contribution in [0.4, 0.5) is 34.1 Å². The molecule has 0 aliphatic heterocycles. The fourth-order valence-corrected chi connectivity index (χ4v) is 15.6. The van der Waals surface area contributed by atoms with Gasteiger partial charge in [-0.25, -0.2) is 0 Å². The van der Waals surface area contributed by atoms with E-state index in [9.17, 15) is 0 Å². The minimum Gasteiger partial charge on any atom is -0.309 e. The van der Waals surface area contributed by atoms with Crippen LogP contribution < -0.4 is 9.80 Å². The van der Waals surface area contributed by atoms with E-state index in [1.165, 1.54) is 98.5 Å². The number of aromatic nitrogens is 2. The molecule has 438 valence electrons. The number of hydrogen-bond donors (Lipinski definition) is 0. The quantitative estimate of drug-likeness (QED) is 0.121. The molecule has 94 heavy (non-hydrogen) atoms. The predicted octanol–water partition coefficient (Wildman–Crippen LogP) is 24.9. The molecule has 15 aromatic carbocycles. The van der Waals surface area contributed by atoms with E-state index in [2.05, 4.69) is 370 Å². The Hall–Kier alpha value is -12.5. The molecule has 0 N–H and O–H groups in total. The highest BCUT2D eigenvalue weighted by atomic mass is 15.2. The Morgan fingerprint density at radius 3 is 0.840 bits per heavy atom. The van der Waals surface area contributed by atoms with Crippen molar-refractivity contribution in [2.24, 2.45) is 0 Å². The van der Waals surface area contributed by atoms with E-state index in [-0.39, 0.29) is 0 Å². The number of benzene rings is 15. The topological polar surface area (TPSA) is 15.3 Å². The van der Waals surface area contributed by atoms with Gasteiger partial charge < -0.3 is 18.6 Å². The fourth-order valence-electron chi connectivity index (χ4n) is 15.6. The summed E-state index contributed by atoms with van der Waals surface area (Å²) in [4.78, 5) is 5.03. The first-order chi connectivity index (χ1) is 46.7. The van der Waals surface area contributed by atoms with E-state index in [4.69, 9.17) is 0 Å². The van der Waals surface area contributed by atoms with E-state index in [1.54, 1.807) is 0 Å². The molecular formula is C90H58N4. The number of hydrogen-bond acceptors (Lipinski definition) is 2. The summed E-state index contributed by atoms with van der Waals surface area (Å²) < 4.78 is 5.29. The molecule has 0 saturated carbocycles. The van der Waals surface area contributed by atoms with Gasteiger partial charge in [0.25, 0.3) is 0 Å². The van der Waals surface area contributed by atoms with Gasteiger partial charge in [0.1, 0.15) is 0 Å². The maximum Gasteiger partial charge on any atom is 0.0634 e. The molecule has 0 aliphatic carbocycles. The zero-order valence-corrected chi connectivity index (χ0v) is 51.3. The summed E-state index contributed by atoms with van der Waals surface area (Å²) in [6, 6.07) is 130. The molecule has 4 nitrogen and oxygen atoms in total. The molecule has 19 rings (SSSR count). The Kier molecular flexibility index (Phi) is 12.3. The standard InChI is InChI=1S/C90H58N4/c1-9-29-59(30-10-1)65-53-55-69(61-33-13-3-14-34-61)79(57-65)91(67-41-21-7-22-42-67)75-49-27-51-77-83(75)71-45-25-47-73-85-82(64-39-19-6-20-40-64)90-86(81(63-37-17-5-18-38-63)89(85)93(77)87(71)73)74-48-26-46-72-84-76(50-28-52-78(84)94(90)88(72)74)92(68-43-23-8-24-44-68)80-58-66(60-31-11-2-12-32-60)54-56-70(80)62-35-15-4-16-36-62/h1-58H. The Balaban J connectivity index is 0.945. The molecule has 4 heteroatoms. The molecule has 0 unspecified atom stereocenters. The highest BCUT2D eigenvalue weighted by Gasteiger charge is 2.33. The first-order valence-corrected chi connectivity index (χ1v) is 32.4. The number of anilines is 6. The van der Waals surface area contributed by atoms with Crippen molar-refractivity contribution >= 4 is 110 Å². The van der Waals surface area contributed by atoms with Crippen LogP contribution in [0.15, 0.2) is 352 Å². The third kappa shape index (κ3) is 8.13. The Bertz CT molecular complexity index is 5670. The van der Waals surface area contributed by atoms with Crippen molar-refractivity contribution in [1.29, 1.82) is 0 Å². The molecule has 0 fully saturated rings. The molecular weight excluding hydrogens is 1140 g/mol. The van der Waals surface area contributed by atoms with Gasteiger partial charge in [-0.3, -0.25) is 0 Å². The number of fused-ring (bicyclic) bond motifs is 12. The SMILES string of the molecule is c1ccc(-c2ccc(-c3ccccc3)c(N(c3ccccc3)c3cccc4c3c3cccc5c6c(-c7ccccc7)c7c(c(-c8ccccc8)c6n4c35)c3cccc4c5c(N(c6ccccc6)c6cc(-c8ccccc8)ccc6-c6ccccc6)cccc5n7c43)c2)cc1. The van der Waals surface area contributed by atoms with Gasteiger partial charge in [0.15, 0.2) is 0 Å².